The van der Waals surface area contributed by atoms with E-state index < -0.39 is 5.60 Å². The van der Waals surface area contributed by atoms with E-state index in [1.165, 1.54) is 5.56 Å². The van der Waals surface area contributed by atoms with Crippen LogP contribution in [0.15, 0.2) is 42.5 Å². The van der Waals surface area contributed by atoms with Crippen molar-refractivity contribution in [1.29, 1.82) is 0 Å². The molecule has 0 aliphatic carbocycles. The molecule has 0 radical (unpaired) electrons. The highest BCUT2D eigenvalue weighted by Gasteiger charge is 2.35. The Balaban J connectivity index is 1.93. The van der Waals surface area contributed by atoms with Crippen molar-refractivity contribution in [2.45, 2.75) is 58.2 Å². The molecule has 1 saturated heterocycles. The van der Waals surface area contributed by atoms with Gasteiger partial charge in [-0.1, -0.05) is 66.9 Å². The second kappa shape index (κ2) is 11.1. The Hall–Kier alpha value is -1.79. The molecule has 7 heteroatoms. The molecule has 2 atom stereocenters. The van der Waals surface area contributed by atoms with Gasteiger partial charge >= 0.3 is 6.09 Å². The predicted molar refractivity (Wildman–Crippen MR) is 136 cm³/mol. The van der Waals surface area contributed by atoms with E-state index in [0.717, 1.165) is 24.0 Å². The maximum atomic E-state index is 12.6. The fraction of sp³-hybridized carbons (Fsp3) is 0.500. The van der Waals surface area contributed by atoms with Gasteiger partial charge in [-0.2, -0.15) is 0 Å². The van der Waals surface area contributed by atoms with Gasteiger partial charge < -0.3 is 15.4 Å². The summed E-state index contributed by atoms with van der Waals surface area (Å²) in [6, 6.07) is 13.2. The number of piperazine rings is 1. The Morgan fingerprint density at radius 2 is 1.67 bits per heavy atom. The SMILES string of the molecule is CCCc1cccc(Cl)c1C(C(N)c1ccccc1Cl)N1CCN(C(=O)OC(C)(C)C)CC1. The van der Waals surface area contributed by atoms with Gasteiger partial charge in [0.15, 0.2) is 0 Å². The van der Waals surface area contributed by atoms with Gasteiger partial charge in [-0.05, 0) is 56.0 Å². The molecule has 1 aliphatic rings. The van der Waals surface area contributed by atoms with E-state index in [2.05, 4.69) is 17.9 Å². The van der Waals surface area contributed by atoms with E-state index in [9.17, 15) is 4.79 Å². The van der Waals surface area contributed by atoms with Gasteiger partial charge in [0.25, 0.3) is 0 Å². The normalized spacial score (nSPS) is 17.0. The molecular weight excluding hydrogens is 457 g/mol. The Kier molecular flexibility index (Phi) is 8.68. The zero-order valence-corrected chi connectivity index (χ0v) is 21.5. The predicted octanol–water partition coefficient (Wildman–Crippen LogP) is 6.24. The molecule has 0 aromatic heterocycles. The molecule has 2 unspecified atom stereocenters. The number of ether oxygens (including phenoxy) is 1. The molecule has 1 aliphatic heterocycles. The Labute approximate surface area is 207 Å². The number of hydrogen-bond donors (Lipinski definition) is 1. The zero-order valence-electron chi connectivity index (χ0n) is 20.0. The minimum atomic E-state index is -0.518. The smallest absolute Gasteiger partial charge is 0.410 e. The van der Waals surface area contributed by atoms with Gasteiger partial charge in [-0.25, -0.2) is 4.79 Å². The van der Waals surface area contributed by atoms with Crippen molar-refractivity contribution in [2.75, 3.05) is 26.2 Å². The van der Waals surface area contributed by atoms with Gasteiger partial charge in [0, 0.05) is 36.2 Å². The maximum absolute atomic E-state index is 12.6. The summed E-state index contributed by atoms with van der Waals surface area (Å²) in [7, 11) is 0. The number of aryl methyl sites for hydroxylation is 1. The highest BCUT2D eigenvalue weighted by atomic mass is 35.5. The molecular formula is C26H35Cl2N3O2. The summed E-state index contributed by atoms with van der Waals surface area (Å²) in [6.07, 6.45) is 1.64. The van der Waals surface area contributed by atoms with E-state index in [4.69, 9.17) is 33.7 Å². The van der Waals surface area contributed by atoms with Crippen LogP contribution in [0.4, 0.5) is 4.79 Å². The average Bonchev–Trinajstić information content (AvgIpc) is 2.75. The molecule has 1 fully saturated rings. The van der Waals surface area contributed by atoms with Crippen molar-refractivity contribution in [3.63, 3.8) is 0 Å². The Morgan fingerprint density at radius 1 is 1.03 bits per heavy atom. The topological polar surface area (TPSA) is 58.8 Å². The summed E-state index contributed by atoms with van der Waals surface area (Å²) in [5.41, 5.74) is 9.55. The zero-order chi connectivity index (χ0) is 24.2. The number of carbonyl (C=O) groups is 1. The molecule has 2 N–H and O–H groups in total. The molecule has 33 heavy (non-hydrogen) atoms. The van der Waals surface area contributed by atoms with Crippen LogP contribution in [0.2, 0.25) is 10.0 Å². The number of benzene rings is 2. The van der Waals surface area contributed by atoms with Gasteiger partial charge in [0.2, 0.25) is 0 Å². The van der Waals surface area contributed by atoms with Gasteiger partial charge in [-0.15, -0.1) is 0 Å². The summed E-state index contributed by atoms with van der Waals surface area (Å²) < 4.78 is 5.57. The van der Waals surface area contributed by atoms with Crippen molar-refractivity contribution in [2.24, 2.45) is 5.73 Å². The first-order chi connectivity index (χ1) is 15.6. The minimum Gasteiger partial charge on any atom is -0.444 e. The van der Waals surface area contributed by atoms with Crippen molar-refractivity contribution in [3.05, 3.63) is 69.2 Å². The summed E-state index contributed by atoms with van der Waals surface area (Å²) >= 11 is 13.4. The largest absolute Gasteiger partial charge is 0.444 e. The monoisotopic (exact) mass is 491 g/mol. The first-order valence-electron chi connectivity index (χ1n) is 11.6. The molecule has 1 amide bonds. The molecule has 0 saturated carbocycles. The maximum Gasteiger partial charge on any atom is 0.410 e. The molecule has 180 valence electrons. The third-order valence-corrected chi connectivity index (χ3v) is 6.60. The number of rotatable bonds is 6. The van der Waals surface area contributed by atoms with E-state index in [0.29, 0.717) is 36.2 Å². The van der Waals surface area contributed by atoms with E-state index in [-0.39, 0.29) is 18.2 Å². The summed E-state index contributed by atoms with van der Waals surface area (Å²) in [5, 5.41) is 1.36. The lowest BCUT2D eigenvalue weighted by Crippen LogP contribution is -2.52. The van der Waals surface area contributed by atoms with E-state index in [1.54, 1.807) is 4.90 Å². The van der Waals surface area contributed by atoms with Crippen LogP contribution in [0.1, 0.15) is 62.9 Å². The van der Waals surface area contributed by atoms with Crippen LogP contribution in [0.5, 0.6) is 0 Å². The lowest BCUT2D eigenvalue weighted by atomic mass is 9.88. The number of hydrogen-bond acceptors (Lipinski definition) is 4. The number of carbonyl (C=O) groups excluding carboxylic acids is 1. The lowest BCUT2D eigenvalue weighted by molar-refractivity contribution is 0.00866. The van der Waals surface area contributed by atoms with Crippen molar-refractivity contribution in [1.82, 2.24) is 9.80 Å². The first kappa shape index (κ1) is 25.8. The van der Waals surface area contributed by atoms with E-state index >= 15 is 0 Å². The van der Waals surface area contributed by atoms with Crippen LogP contribution in [0.3, 0.4) is 0 Å². The van der Waals surface area contributed by atoms with Crippen LogP contribution >= 0.6 is 23.2 Å². The van der Waals surface area contributed by atoms with Gasteiger partial charge in [0.05, 0.1) is 12.1 Å². The molecule has 2 aromatic rings. The number of halogens is 2. The Morgan fingerprint density at radius 3 is 2.27 bits per heavy atom. The molecule has 1 heterocycles. The number of amides is 1. The summed E-state index contributed by atoms with van der Waals surface area (Å²) in [6.45, 7) is 10.3. The second-order valence-corrected chi connectivity index (χ2v) is 10.4. The molecule has 2 aromatic carbocycles. The van der Waals surface area contributed by atoms with Gasteiger partial charge in [-0.3, -0.25) is 4.90 Å². The second-order valence-electron chi connectivity index (χ2n) is 9.56. The average molecular weight is 492 g/mol. The number of nitrogens with two attached hydrogens (primary N) is 1. The highest BCUT2D eigenvalue weighted by molar-refractivity contribution is 6.32. The standard InChI is InChI=1S/C26H35Cl2N3O2/c1-5-9-18-10-8-13-21(28)22(18)24(23(29)19-11-6-7-12-20(19)27)30-14-16-31(17-15-30)25(32)33-26(2,3)4/h6-8,10-13,23-24H,5,9,14-17,29H2,1-4H3. The third-order valence-electron chi connectivity index (χ3n) is 5.92. The summed E-state index contributed by atoms with van der Waals surface area (Å²) in [4.78, 5) is 16.7. The quantitative estimate of drug-likeness (QED) is 0.519. The molecule has 0 spiro atoms. The minimum absolute atomic E-state index is 0.166. The van der Waals surface area contributed by atoms with Crippen molar-refractivity contribution in [3.8, 4) is 0 Å². The molecule has 0 bridgehead atoms. The fourth-order valence-corrected chi connectivity index (χ4v) is 4.98. The Bertz CT molecular complexity index is 953. The summed E-state index contributed by atoms with van der Waals surface area (Å²) in [5.74, 6) is 0. The third kappa shape index (κ3) is 6.42. The van der Waals surface area contributed by atoms with Crippen molar-refractivity contribution < 1.29 is 9.53 Å². The van der Waals surface area contributed by atoms with E-state index in [1.807, 2.05) is 57.2 Å². The van der Waals surface area contributed by atoms with Crippen LogP contribution in [-0.2, 0) is 11.2 Å². The molecule has 3 rings (SSSR count). The van der Waals surface area contributed by atoms with Crippen LogP contribution in [0.25, 0.3) is 0 Å². The molecule has 5 nitrogen and oxygen atoms in total. The fourth-order valence-electron chi connectivity index (χ4n) is 4.41. The van der Waals surface area contributed by atoms with Crippen LogP contribution in [0, 0.1) is 0 Å². The lowest BCUT2D eigenvalue weighted by Gasteiger charge is -2.42. The number of nitrogens with zero attached hydrogens (tertiary/aromatic N) is 2. The van der Waals surface area contributed by atoms with Crippen molar-refractivity contribution >= 4 is 29.3 Å². The highest BCUT2D eigenvalue weighted by Crippen LogP contribution is 2.41. The van der Waals surface area contributed by atoms with Gasteiger partial charge in [0.1, 0.15) is 5.60 Å². The van der Waals surface area contributed by atoms with Crippen LogP contribution < -0.4 is 5.73 Å². The first-order valence-corrected chi connectivity index (χ1v) is 12.4. The van der Waals surface area contributed by atoms with Crippen LogP contribution in [-0.4, -0.2) is 47.7 Å².